The molecule has 30 heavy (non-hydrogen) atoms. The minimum Gasteiger partial charge on any atom is -0.492 e. The van der Waals surface area contributed by atoms with Gasteiger partial charge in [0.2, 0.25) is 0 Å². The van der Waals surface area contributed by atoms with Crippen LogP contribution in [-0.4, -0.2) is 32.1 Å². The van der Waals surface area contributed by atoms with Crippen molar-refractivity contribution in [2.45, 2.75) is 13.3 Å². The molecule has 0 spiro atoms. The normalized spacial score (nSPS) is 12.1. The molecule has 0 bridgehead atoms. The minimum absolute atomic E-state index is 0.267. The molecule has 2 nitrogen and oxygen atoms in total. The molecular weight excluding hydrogens is 379 g/mol. The second-order valence-corrected chi connectivity index (χ2v) is 7.40. The van der Waals surface area contributed by atoms with E-state index in [0.717, 1.165) is 46.6 Å². The molecule has 0 aliphatic carbocycles. The van der Waals surface area contributed by atoms with Crippen LogP contribution in [0.4, 0.5) is 8.78 Å². The molecule has 0 saturated carbocycles. The largest absolute Gasteiger partial charge is 0.492 e. The van der Waals surface area contributed by atoms with E-state index in [2.05, 4.69) is 11.8 Å². The fourth-order valence-electron chi connectivity index (χ4n) is 3.37. The van der Waals surface area contributed by atoms with E-state index in [0.29, 0.717) is 6.61 Å². The molecule has 0 aliphatic rings. The van der Waals surface area contributed by atoms with Crippen molar-refractivity contribution in [2.24, 2.45) is 0 Å². The molecular formula is C26H27F2NO. The first-order valence-electron chi connectivity index (χ1n) is 10.1. The van der Waals surface area contributed by atoms with Gasteiger partial charge in [-0.3, -0.25) is 0 Å². The number of ether oxygens (including phenoxy) is 1. The predicted octanol–water partition coefficient (Wildman–Crippen LogP) is 6.27. The van der Waals surface area contributed by atoms with Crippen LogP contribution < -0.4 is 4.74 Å². The van der Waals surface area contributed by atoms with Crippen molar-refractivity contribution in [3.05, 3.63) is 101 Å². The number of allylic oxidation sites excluding steroid dienone is 1. The van der Waals surface area contributed by atoms with Crippen LogP contribution in [0.2, 0.25) is 0 Å². The Kier molecular flexibility index (Phi) is 7.36. The van der Waals surface area contributed by atoms with Crippen LogP contribution in [0.15, 0.2) is 72.8 Å². The summed E-state index contributed by atoms with van der Waals surface area (Å²) in [7, 11) is 4.02. The lowest BCUT2D eigenvalue weighted by Gasteiger charge is -2.17. The number of halogens is 2. The standard InChI is InChI=1S/C26H27F2NO/c1-4-25(19-5-11-22(27)12-6-19)26(20-7-13-23(28)14-8-20)21-9-15-24(16-10-21)30-18-17-29(2)3/h5-16H,4,17-18H2,1-3H3/b26-25-/i28-1. The first-order valence-corrected chi connectivity index (χ1v) is 10.1. The van der Waals surface area contributed by atoms with Crippen LogP contribution in [0.3, 0.4) is 0 Å². The van der Waals surface area contributed by atoms with Crippen molar-refractivity contribution in [1.29, 1.82) is 0 Å². The third-order valence-electron chi connectivity index (χ3n) is 4.93. The van der Waals surface area contributed by atoms with Crippen molar-refractivity contribution >= 4 is 11.1 Å². The summed E-state index contributed by atoms with van der Waals surface area (Å²) < 4.78 is 32.8. The number of nitrogens with zero attached hydrogens (tertiary/aromatic N) is 1. The fourth-order valence-corrected chi connectivity index (χ4v) is 3.37. The zero-order valence-corrected chi connectivity index (χ0v) is 17.7. The third-order valence-corrected chi connectivity index (χ3v) is 4.93. The molecule has 0 saturated heterocycles. The van der Waals surface area contributed by atoms with Gasteiger partial charge in [-0.25, -0.2) is 8.78 Å². The Balaban J connectivity index is 2.03. The molecule has 0 unspecified atom stereocenters. The zero-order valence-electron chi connectivity index (χ0n) is 17.7. The van der Waals surface area contributed by atoms with E-state index < -0.39 is 0 Å². The van der Waals surface area contributed by atoms with Gasteiger partial charge in [0, 0.05) is 6.54 Å². The second kappa shape index (κ2) is 10.2. The summed E-state index contributed by atoms with van der Waals surface area (Å²) in [5.74, 6) is 0.262. The van der Waals surface area contributed by atoms with Gasteiger partial charge < -0.3 is 9.64 Å². The highest BCUT2D eigenvalue weighted by Crippen LogP contribution is 2.35. The van der Waals surface area contributed by atoms with Crippen LogP contribution >= 0.6 is 0 Å². The molecule has 3 aromatic rings. The number of likely N-dealkylation sites (N-methyl/N-ethyl adjacent to an activating group) is 1. The molecule has 3 aromatic carbocycles. The first kappa shape index (κ1) is 21.7. The van der Waals surface area contributed by atoms with Gasteiger partial charge in [-0.05, 0) is 84.8 Å². The highest BCUT2D eigenvalue weighted by molar-refractivity contribution is 5.98. The summed E-state index contributed by atoms with van der Waals surface area (Å²) in [5.41, 5.74) is 4.94. The highest BCUT2D eigenvalue weighted by Gasteiger charge is 2.14. The monoisotopic (exact) mass is 406 g/mol. The van der Waals surface area contributed by atoms with Crippen LogP contribution in [0.25, 0.3) is 11.1 Å². The first-order chi connectivity index (χ1) is 14.5. The molecule has 0 heterocycles. The Hall–Kier alpha value is -2.98. The highest BCUT2D eigenvalue weighted by atomic mass is 19.1. The number of rotatable bonds is 8. The van der Waals surface area contributed by atoms with Crippen molar-refractivity contribution in [2.75, 3.05) is 27.2 Å². The Labute approximate surface area is 177 Å². The molecule has 0 amide bonds. The summed E-state index contributed by atoms with van der Waals surface area (Å²) in [6.07, 6.45) is 0.749. The van der Waals surface area contributed by atoms with E-state index in [1.165, 1.54) is 24.3 Å². The Morgan fingerprint density at radius 3 is 1.67 bits per heavy atom. The number of hydrogen-bond donors (Lipinski definition) is 0. The summed E-state index contributed by atoms with van der Waals surface area (Å²) in [6, 6.07) is 20.9. The van der Waals surface area contributed by atoms with Gasteiger partial charge in [0.25, 0.3) is 0 Å². The predicted molar refractivity (Wildman–Crippen MR) is 119 cm³/mol. The van der Waals surface area contributed by atoms with Gasteiger partial charge >= 0.3 is 0 Å². The summed E-state index contributed by atoms with van der Waals surface area (Å²) in [5, 5.41) is 0. The van der Waals surface area contributed by atoms with Crippen LogP contribution in [0.1, 0.15) is 30.0 Å². The van der Waals surface area contributed by atoms with Gasteiger partial charge in [0.05, 0.1) is 0 Å². The fraction of sp³-hybridized carbons (Fsp3) is 0.231. The van der Waals surface area contributed by atoms with Gasteiger partial charge in [0.1, 0.15) is 24.0 Å². The zero-order chi connectivity index (χ0) is 21.5. The van der Waals surface area contributed by atoms with Gasteiger partial charge in [-0.15, -0.1) is 0 Å². The maximum Gasteiger partial charge on any atom is 0.123 e. The quantitative estimate of drug-likeness (QED) is 0.409. The van der Waals surface area contributed by atoms with Crippen LogP contribution in [-0.2, 0) is 0 Å². The average Bonchev–Trinajstić information content (AvgIpc) is 2.74. The topological polar surface area (TPSA) is 12.5 Å². The van der Waals surface area contributed by atoms with Gasteiger partial charge in [0.15, 0.2) is 0 Å². The van der Waals surface area contributed by atoms with Crippen molar-refractivity contribution in [3.8, 4) is 5.75 Å². The van der Waals surface area contributed by atoms with Crippen LogP contribution in [0, 0.1) is 11.6 Å². The maximum atomic E-state index is 13.6. The van der Waals surface area contributed by atoms with Gasteiger partial charge in [-0.2, -0.15) is 0 Å². The van der Waals surface area contributed by atoms with Crippen molar-refractivity contribution in [3.63, 3.8) is 0 Å². The smallest absolute Gasteiger partial charge is 0.123 e. The summed E-state index contributed by atoms with van der Waals surface area (Å²) in [6.45, 7) is 3.52. The Morgan fingerprint density at radius 2 is 1.20 bits per heavy atom. The lowest BCUT2D eigenvalue weighted by Crippen LogP contribution is -2.19. The SMILES string of the molecule is CC/C(=C(\c1ccc([18F])cc1)c1ccc(OCCN(C)C)cc1)c1ccc(F)cc1. The van der Waals surface area contributed by atoms with E-state index >= 15 is 0 Å². The number of hydrogen-bond acceptors (Lipinski definition) is 2. The molecule has 0 aromatic heterocycles. The molecule has 0 radical (unpaired) electrons. The van der Waals surface area contributed by atoms with E-state index in [1.807, 2.05) is 38.4 Å². The average molecular weight is 407 g/mol. The lowest BCUT2D eigenvalue weighted by molar-refractivity contribution is 0.261. The molecule has 0 aliphatic heterocycles. The number of benzene rings is 3. The van der Waals surface area contributed by atoms with E-state index in [1.54, 1.807) is 24.3 Å². The molecule has 0 N–H and O–H groups in total. The van der Waals surface area contributed by atoms with Crippen molar-refractivity contribution in [1.82, 2.24) is 4.90 Å². The summed E-state index contributed by atoms with van der Waals surface area (Å²) in [4.78, 5) is 2.07. The molecule has 4 heteroatoms. The Bertz CT molecular complexity index is 975. The second-order valence-electron chi connectivity index (χ2n) is 7.40. The van der Waals surface area contributed by atoms with E-state index in [-0.39, 0.29) is 11.6 Å². The van der Waals surface area contributed by atoms with E-state index in [4.69, 9.17) is 4.74 Å². The minimum atomic E-state index is -0.275. The summed E-state index contributed by atoms with van der Waals surface area (Å²) >= 11 is 0. The molecule has 0 fully saturated rings. The lowest BCUT2D eigenvalue weighted by atomic mass is 9.88. The molecule has 156 valence electrons. The van der Waals surface area contributed by atoms with E-state index in [9.17, 15) is 8.78 Å². The maximum absolute atomic E-state index is 13.6. The van der Waals surface area contributed by atoms with Crippen molar-refractivity contribution < 1.29 is 13.5 Å². The third kappa shape index (κ3) is 5.55. The molecule has 3 rings (SSSR count). The molecule has 0 atom stereocenters. The van der Waals surface area contributed by atoms with Gasteiger partial charge in [-0.1, -0.05) is 43.3 Å². The Morgan fingerprint density at radius 1 is 0.733 bits per heavy atom. The van der Waals surface area contributed by atoms with Crippen LogP contribution in [0.5, 0.6) is 5.75 Å².